The molecule has 0 radical (unpaired) electrons. The molecule has 0 fully saturated rings. The highest BCUT2D eigenvalue weighted by atomic mass is 32.2. The van der Waals surface area contributed by atoms with Gasteiger partial charge in [0.1, 0.15) is 17.3 Å². The van der Waals surface area contributed by atoms with Crippen LogP contribution in [0.15, 0.2) is 52.5 Å². The van der Waals surface area contributed by atoms with Crippen LogP contribution in [0, 0.1) is 13.8 Å². The number of imidazole rings is 1. The molecule has 0 aliphatic heterocycles. The second-order valence-electron chi connectivity index (χ2n) is 8.76. The van der Waals surface area contributed by atoms with E-state index in [1.807, 2.05) is 68.8 Å². The van der Waals surface area contributed by atoms with Crippen LogP contribution in [-0.4, -0.2) is 45.8 Å². The maximum absolute atomic E-state index is 13.1. The van der Waals surface area contributed by atoms with E-state index in [4.69, 9.17) is 0 Å². The molecular formula is C25H26N8O2S. The molecule has 36 heavy (non-hydrogen) atoms. The van der Waals surface area contributed by atoms with Gasteiger partial charge in [0.05, 0.1) is 22.8 Å². The molecule has 0 spiro atoms. The molecule has 184 valence electrons. The summed E-state index contributed by atoms with van der Waals surface area (Å²) in [6, 6.07) is 11.2. The number of aryl methyl sites for hydroxylation is 2. The lowest BCUT2D eigenvalue weighted by molar-refractivity contribution is -0.119. The quantitative estimate of drug-likeness (QED) is 0.328. The molecule has 1 amide bonds. The first-order chi connectivity index (χ1) is 17.3. The number of amides is 1. The number of carbonyl (C=O) groups excluding carboxylic acids is 1. The number of hydrogen-bond donors (Lipinski definition) is 2. The smallest absolute Gasteiger partial charge is 0.261 e. The number of nitrogens with one attached hydrogen (secondary N) is 2. The Hall–Kier alpha value is -3.99. The molecule has 2 N–H and O–H groups in total. The van der Waals surface area contributed by atoms with Crippen molar-refractivity contribution >= 4 is 34.3 Å². The number of hydrogen-bond acceptors (Lipinski definition) is 7. The zero-order valence-electron chi connectivity index (χ0n) is 20.4. The summed E-state index contributed by atoms with van der Waals surface area (Å²) >= 11 is 1.29. The molecule has 1 aromatic carbocycles. The Labute approximate surface area is 211 Å². The van der Waals surface area contributed by atoms with Crippen molar-refractivity contribution in [2.75, 3.05) is 5.75 Å². The Morgan fingerprint density at radius 3 is 2.78 bits per heavy atom. The minimum absolute atomic E-state index is 0.117. The maximum atomic E-state index is 13.1. The van der Waals surface area contributed by atoms with E-state index in [0.29, 0.717) is 40.1 Å². The van der Waals surface area contributed by atoms with Crippen molar-refractivity contribution in [3.8, 4) is 0 Å². The highest BCUT2D eigenvalue weighted by Crippen LogP contribution is 2.19. The van der Waals surface area contributed by atoms with Crippen LogP contribution >= 0.6 is 11.8 Å². The third-order valence-electron chi connectivity index (χ3n) is 6.07. The summed E-state index contributed by atoms with van der Waals surface area (Å²) < 4.78 is 3.36. The van der Waals surface area contributed by atoms with Crippen molar-refractivity contribution in [1.29, 1.82) is 0 Å². The van der Waals surface area contributed by atoms with E-state index in [2.05, 4.69) is 30.5 Å². The molecule has 0 saturated carbocycles. The third kappa shape index (κ3) is 4.61. The van der Waals surface area contributed by atoms with Gasteiger partial charge in [-0.25, -0.2) is 9.97 Å². The predicted octanol–water partition coefficient (Wildman–Crippen LogP) is 2.88. The molecule has 0 aliphatic rings. The van der Waals surface area contributed by atoms with E-state index in [1.165, 1.54) is 11.8 Å². The number of nitrogens with zero attached hydrogens (tertiary/aromatic N) is 6. The second-order valence-corrected chi connectivity index (χ2v) is 9.71. The summed E-state index contributed by atoms with van der Waals surface area (Å²) in [7, 11) is 1.83. The topological polar surface area (TPSA) is 123 Å². The normalized spacial score (nSPS) is 12.3. The standard InChI is InChI=1S/C25H26N8O2S/c1-14-9-10-33-20(11-14)26-15(2)17(24(33)35)12-21-30-31-25(32(21)4)36-13-22(34)27-16(3)23-28-18-7-5-6-8-19(18)29-23/h5-11,16H,12-13H2,1-4H3,(H,27,34)(H,28,29)/t16-/m1/s1. The fraction of sp³-hybridized carbons (Fsp3) is 0.280. The van der Waals surface area contributed by atoms with E-state index in [1.54, 1.807) is 10.6 Å². The Morgan fingerprint density at radius 1 is 1.17 bits per heavy atom. The molecule has 0 bridgehead atoms. The fourth-order valence-corrected chi connectivity index (χ4v) is 4.77. The number of pyridine rings is 1. The first kappa shape index (κ1) is 23.7. The minimum Gasteiger partial charge on any atom is -0.346 e. The molecule has 1 atom stereocenters. The molecule has 4 aromatic heterocycles. The predicted molar refractivity (Wildman–Crippen MR) is 138 cm³/mol. The van der Waals surface area contributed by atoms with Gasteiger partial charge in [-0.15, -0.1) is 10.2 Å². The first-order valence-electron chi connectivity index (χ1n) is 11.5. The van der Waals surface area contributed by atoms with Crippen molar-refractivity contribution in [1.82, 2.24) is 39.4 Å². The van der Waals surface area contributed by atoms with Crippen molar-refractivity contribution in [3.63, 3.8) is 0 Å². The molecule has 0 saturated heterocycles. The summed E-state index contributed by atoms with van der Waals surface area (Å²) in [5, 5.41) is 12.1. The number of rotatable bonds is 7. The Morgan fingerprint density at radius 2 is 1.97 bits per heavy atom. The number of thioether (sulfide) groups is 1. The zero-order valence-corrected chi connectivity index (χ0v) is 21.3. The summed E-state index contributed by atoms with van der Waals surface area (Å²) in [6.07, 6.45) is 2.04. The van der Waals surface area contributed by atoms with Crippen LogP contribution in [0.4, 0.5) is 0 Å². The summed E-state index contributed by atoms with van der Waals surface area (Å²) in [4.78, 5) is 38.0. The van der Waals surface area contributed by atoms with Gasteiger partial charge < -0.3 is 14.9 Å². The highest BCUT2D eigenvalue weighted by Gasteiger charge is 2.18. The lowest BCUT2D eigenvalue weighted by atomic mass is 10.1. The van der Waals surface area contributed by atoms with Crippen LogP contribution in [0.2, 0.25) is 0 Å². The highest BCUT2D eigenvalue weighted by molar-refractivity contribution is 7.99. The van der Waals surface area contributed by atoms with Crippen LogP contribution in [-0.2, 0) is 18.3 Å². The first-order valence-corrected chi connectivity index (χ1v) is 12.5. The van der Waals surface area contributed by atoms with Gasteiger partial charge in [-0.1, -0.05) is 23.9 Å². The van der Waals surface area contributed by atoms with Gasteiger partial charge in [-0.3, -0.25) is 14.0 Å². The third-order valence-corrected chi connectivity index (χ3v) is 7.09. The Bertz CT molecular complexity index is 1620. The van der Waals surface area contributed by atoms with E-state index in [0.717, 1.165) is 16.6 Å². The Kier molecular flexibility index (Phi) is 6.31. The van der Waals surface area contributed by atoms with Crippen LogP contribution < -0.4 is 10.9 Å². The van der Waals surface area contributed by atoms with Gasteiger partial charge in [-0.2, -0.15) is 0 Å². The zero-order chi connectivity index (χ0) is 25.4. The average Bonchev–Trinajstić information content (AvgIpc) is 3.43. The number of fused-ring (bicyclic) bond motifs is 2. The lowest BCUT2D eigenvalue weighted by Gasteiger charge is -2.11. The Balaban J connectivity index is 1.25. The van der Waals surface area contributed by atoms with Gasteiger partial charge >= 0.3 is 0 Å². The maximum Gasteiger partial charge on any atom is 0.261 e. The van der Waals surface area contributed by atoms with Crippen LogP contribution in [0.3, 0.4) is 0 Å². The van der Waals surface area contributed by atoms with Crippen LogP contribution in [0.5, 0.6) is 0 Å². The average molecular weight is 503 g/mol. The number of carbonyl (C=O) groups is 1. The molecule has 5 rings (SSSR count). The van der Waals surface area contributed by atoms with E-state index >= 15 is 0 Å². The lowest BCUT2D eigenvalue weighted by Crippen LogP contribution is -2.29. The number of H-pyrrole nitrogens is 1. The van der Waals surface area contributed by atoms with Gasteiger partial charge in [-0.05, 0) is 50.6 Å². The number of benzene rings is 1. The molecule has 11 heteroatoms. The van der Waals surface area contributed by atoms with Crippen molar-refractivity contribution < 1.29 is 4.79 Å². The van der Waals surface area contributed by atoms with E-state index in [-0.39, 0.29) is 23.3 Å². The van der Waals surface area contributed by atoms with E-state index < -0.39 is 0 Å². The van der Waals surface area contributed by atoms with Crippen molar-refractivity contribution in [3.05, 3.63) is 81.4 Å². The molecule has 0 unspecified atom stereocenters. The fourth-order valence-electron chi connectivity index (χ4n) is 4.03. The molecule has 0 aliphatic carbocycles. The SMILES string of the molecule is Cc1ccn2c(=O)c(Cc3nnc(SCC(=O)N[C@H](C)c4nc5ccccc5[nH]4)n3C)c(C)nc2c1. The number of aromatic amines is 1. The van der Waals surface area contributed by atoms with E-state index in [9.17, 15) is 9.59 Å². The van der Waals surface area contributed by atoms with Gasteiger partial charge in [0.2, 0.25) is 5.91 Å². The minimum atomic E-state index is -0.263. The monoisotopic (exact) mass is 502 g/mol. The van der Waals surface area contributed by atoms with Crippen molar-refractivity contribution in [2.45, 2.75) is 38.4 Å². The molecule has 4 heterocycles. The van der Waals surface area contributed by atoms with Gasteiger partial charge in [0.25, 0.3) is 5.56 Å². The number of para-hydroxylation sites is 2. The summed E-state index contributed by atoms with van der Waals surface area (Å²) in [6.45, 7) is 5.69. The molecule has 10 nitrogen and oxygen atoms in total. The molecular weight excluding hydrogens is 476 g/mol. The number of aromatic nitrogens is 7. The largest absolute Gasteiger partial charge is 0.346 e. The van der Waals surface area contributed by atoms with Gasteiger partial charge in [0, 0.05) is 30.9 Å². The van der Waals surface area contributed by atoms with Crippen molar-refractivity contribution in [2.24, 2.45) is 7.05 Å². The van der Waals surface area contributed by atoms with Crippen LogP contribution in [0.1, 0.15) is 41.4 Å². The van der Waals surface area contributed by atoms with Crippen LogP contribution in [0.25, 0.3) is 16.7 Å². The summed E-state index contributed by atoms with van der Waals surface area (Å²) in [5.74, 6) is 1.37. The van der Waals surface area contributed by atoms with Gasteiger partial charge in [0.15, 0.2) is 5.16 Å². The second kappa shape index (κ2) is 9.57. The molecule has 5 aromatic rings. The summed E-state index contributed by atoms with van der Waals surface area (Å²) in [5.41, 5.74) is 4.58.